The van der Waals surface area contributed by atoms with Crippen LogP contribution in [0.5, 0.6) is 0 Å². The van der Waals surface area contributed by atoms with Crippen LogP contribution in [0.3, 0.4) is 0 Å². The number of hydrogen-bond donors (Lipinski definition) is 1. The molecule has 0 aromatic heterocycles. The normalized spacial score (nSPS) is 16.2. The van der Waals surface area contributed by atoms with Crippen molar-refractivity contribution in [3.05, 3.63) is 40.8 Å². The predicted octanol–water partition coefficient (Wildman–Crippen LogP) is 2.79. The summed E-state index contributed by atoms with van der Waals surface area (Å²) in [4.78, 5) is 15.2. The summed E-state index contributed by atoms with van der Waals surface area (Å²) in [6.07, 6.45) is 1.23. The minimum absolute atomic E-state index is 0.0689. The Hall–Kier alpha value is -1.02. The standard InChI is InChI=1S/C16H21ClN2O3S2/c1-3-24(21,22)18-14-6-8-19(9-7-14)16(20)11-23-15-5-4-13(17)10-12(15)2/h3-5,10,14,18H,1,6-9,11H2,2H3. The molecule has 0 atom stereocenters. The minimum Gasteiger partial charge on any atom is -0.342 e. The number of amides is 1. The number of benzene rings is 1. The summed E-state index contributed by atoms with van der Waals surface area (Å²) in [5, 5.41) is 1.60. The van der Waals surface area contributed by atoms with Gasteiger partial charge in [0.25, 0.3) is 0 Å². The fourth-order valence-corrected chi connectivity index (χ4v) is 4.47. The van der Waals surface area contributed by atoms with Gasteiger partial charge in [0, 0.05) is 34.5 Å². The minimum atomic E-state index is -3.42. The van der Waals surface area contributed by atoms with E-state index in [0.717, 1.165) is 15.9 Å². The van der Waals surface area contributed by atoms with Gasteiger partial charge in [-0.1, -0.05) is 18.2 Å². The van der Waals surface area contributed by atoms with E-state index in [1.165, 1.54) is 11.8 Å². The molecule has 5 nitrogen and oxygen atoms in total. The molecule has 1 amide bonds. The van der Waals surface area contributed by atoms with E-state index in [2.05, 4.69) is 11.3 Å². The van der Waals surface area contributed by atoms with E-state index in [4.69, 9.17) is 11.6 Å². The van der Waals surface area contributed by atoms with Gasteiger partial charge in [-0.3, -0.25) is 4.79 Å². The van der Waals surface area contributed by atoms with Crippen molar-refractivity contribution >= 4 is 39.3 Å². The first-order valence-electron chi connectivity index (χ1n) is 7.62. The number of halogens is 1. The third kappa shape index (κ3) is 5.51. The van der Waals surface area contributed by atoms with Gasteiger partial charge in [-0.25, -0.2) is 13.1 Å². The number of thioether (sulfide) groups is 1. The van der Waals surface area contributed by atoms with Crippen LogP contribution in [0.2, 0.25) is 5.02 Å². The lowest BCUT2D eigenvalue weighted by molar-refractivity contribution is -0.129. The quantitative estimate of drug-likeness (QED) is 0.761. The van der Waals surface area contributed by atoms with Gasteiger partial charge >= 0.3 is 0 Å². The monoisotopic (exact) mass is 388 g/mol. The second kappa shape index (κ2) is 8.38. The third-order valence-electron chi connectivity index (χ3n) is 3.89. The molecule has 1 aromatic carbocycles. The van der Waals surface area contributed by atoms with Crippen molar-refractivity contribution in [2.45, 2.75) is 30.7 Å². The van der Waals surface area contributed by atoms with Crippen LogP contribution in [-0.2, 0) is 14.8 Å². The molecule has 1 aliphatic rings. The Labute approximate surface area is 152 Å². The molecule has 0 spiro atoms. The summed E-state index contributed by atoms with van der Waals surface area (Å²) < 4.78 is 25.5. The Morgan fingerprint density at radius 2 is 2.12 bits per heavy atom. The lowest BCUT2D eigenvalue weighted by Crippen LogP contribution is -2.46. The van der Waals surface area contributed by atoms with Crippen molar-refractivity contribution in [1.82, 2.24) is 9.62 Å². The van der Waals surface area contributed by atoms with Crippen molar-refractivity contribution in [2.24, 2.45) is 0 Å². The highest BCUT2D eigenvalue weighted by atomic mass is 35.5. The molecule has 1 heterocycles. The van der Waals surface area contributed by atoms with Gasteiger partial charge in [-0.15, -0.1) is 11.8 Å². The molecule has 1 aliphatic heterocycles. The number of nitrogens with zero attached hydrogens (tertiary/aromatic N) is 1. The van der Waals surface area contributed by atoms with Crippen LogP contribution in [0.25, 0.3) is 0 Å². The van der Waals surface area contributed by atoms with Crippen molar-refractivity contribution in [1.29, 1.82) is 0 Å². The predicted molar refractivity (Wildman–Crippen MR) is 98.8 cm³/mol. The van der Waals surface area contributed by atoms with Gasteiger partial charge in [0.1, 0.15) is 0 Å². The van der Waals surface area contributed by atoms with E-state index in [9.17, 15) is 13.2 Å². The molecular weight excluding hydrogens is 368 g/mol. The van der Waals surface area contributed by atoms with Crippen molar-refractivity contribution in [2.75, 3.05) is 18.8 Å². The summed E-state index contributed by atoms with van der Waals surface area (Å²) >= 11 is 7.43. The van der Waals surface area contributed by atoms with E-state index >= 15 is 0 Å². The summed E-state index contributed by atoms with van der Waals surface area (Å²) in [6.45, 7) is 6.37. The smallest absolute Gasteiger partial charge is 0.233 e. The molecule has 0 bridgehead atoms. The van der Waals surface area contributed by atoms with Crippen LogP contribution in [0, 0.1) is 6.92 Å². The van der Waals surface area contributed by atoms with Crippen LogP contribution < -0.4 is 4.72 Å². The molecule has 1 aromatic rings. The fraction of sp³-hybridized carbons (Fsp3) is 0.438. The van der Waals surface area contributed by atoms with Crippen LogP contribution >= 0.6 is 23.4 Å². The highest BCUT2D eigenvalue weighted by Gasteiger charge is 2.24. The van der Waals surface area contributed by atoms with Crippen LogP contribution in [-0.4, -0.2) is 44.1 Å². The molecule has 2 rings (SSSR count). The molecule has 8 heteroatoms. The van der Waals surface area contributed by atoms with E-state index in [0.29, 0.717) is 36.7 Å². The number of likely N-dealkylation sites (tertiary alicyclic amines) is 1. The van der Waals surface area contributed by atoms with Crippen molar-refractivity contribution in [3.63, 3.8) is 0 Å². The molecule has 0 radical (unpaired) electrons. The Balaban J connectivity index is 1.81. The largest absolute Gasteiger partial charge is 0.342 e. The SMILES string of the molecule is C=CS(=O)(=O)NC1CCN(C(=O)CSc2ccc(Cl)cc2C)CC1. The van der Waals surface area contributed by atoms with E-state index < -0.39 is 10.0 Å². The van der Waals surface area contributed by atoms with E-state index in [1.807, 2.05) is 25.1 Å². The molecular formula is C16H21ClN2O3S2. The molecule has 1 N–H and O–H groups in total. The number of piperidine rings is 1. The fourth-order valence-electron chi connectivity index (χ4n) is 2.53. The van der Waals surface area contributed by atoms with Crippen LogP contribution in [0.1, 0.15) is 18.4 Å². The second-order valence-corrected chi connectivity index (χ2v) is 8.80. The number of rotatable bonds is 6. The molecule has 1 saturated heterocycles. The number of hydrogen-bond acceptors (Lipinski definition) is 4. The highest BCUT2D eigenvalue weighted by Crippen LogP contribution is 2.25. The summed E-state index contributed by atoms with van der Waals surface area (Å²) in [5.41, 5.74) is 1.05. The maximum Gasteiger partial charge on any atom is 0.233 e. The zero-order chi connectivity index (χ0) is 17.7. The first kappa shape index (κ1) is 19.3. The maximum absolute atomic E-state index is 12.3. The molecule has 24 heavy (non-hydrogen) atoms. The Morgan fingerprint density at radius 3 is 2.71 bits per heavy atom. The van der Waals surface area contributed by atoms with Crippen molar-refractivity contribution < 1.29 is 13.2 Å². The summed E-state index contributed by atoms with van der Waals surface area (Å²) in [6, 6.07) is 5.49. The molecule has 0 aliphatic carbocycles. The van der Waals surface area contributed by atoms with E-state index in [1.54, 1.807) is 4.90 Å². The van der Waals surface area contributed by atoms with Crippen LogP contribution in [0.4, 0.5) is 0 Å². The molecule has 0 unspecified atom stereocenters. The van der Waals surface area contributed by atoms with Gasteiger partial charge in [-0.2, -0.15) is 0 Å². The summed E-state index contributed by atoms with van der Waals surface area (Å²) in [5.74, 6) is 0.435. The maximum atomic E-state index is 12.3. The van der Waals surface area contributed by atoms with Crippen LogP contribution in [0.15, 0.2) is 35.1 Å². The van der Waals surface area contributed by atoms with Gasteiger partial charge < -0.3 is 4.90 Å². The van der Waals surface area contributed by atoms with Gasteiger partial charge in [-0.05, 0) is 43.5 Å². The topological polar surface area (TPSA) is 66.5 Å². The Kier molecular flexibility index (Phi) is 6.74. The van der Waals surface area contributed by atoms with E-state index in [-0.39, 0.29) is 11.9 Å². The third-order valence-corrected chi connectivity index (χ3v) is 6.38. The zero-order valence-electron chi connectivity index (χ0n) is 13.5. The Bertz CT molecular complexity index is 714. The number of carbonyl (C=O) groups is 1. The lowest BCUT2D eigenvalue weighted by Gasteiger charge is -2.32. The first-order chi connectivity index (χ1) is 11.3. The zero-order valence-corrected chi connectivity index (χ0v) is 15.9. The average Bonchev–Trinajstić information content (AvgIpc) is 2.54. The Morgan fingerprint density at radius 1 is 1.46 bits per heavy atom. The number of carbonyl (C=O) groups excluding carboxylic acids is 1. The highest BCUT2D eigenvalue weighted by molar-refractivity contribution is 8.00. The lowest BCUT2D eigenvalue weighted by atomic mass is 10.1. The van der Waals surface area contributed by atoms with Crippen molar-refractivity contribution in [3.8, 4) is 0 Å². The average molecular weight is 389 g/mol. The number of aryl methyl sites for hydroxylation is 1. The second-order valence-electron chi connectivity index (χ2n) is 5.68. The van der Waals surface area contributed by atoms with Gasteiger partial charge in [0.2, 0.25) is 15.9 Å². The number of nitrogens with one attached hydrogen (secondary N) is 1. The molecule has 132 valence electrons. The first-order valence-corrected chi connectivity index (χ1v) is 10.5. The summed E-state index contributed by atoms with van der Waals surface area (Å²) in [7, 11) is -3.42. The number of sulfonamides is 1. The molecule has 1 fully saturated rings. The molecule has 0 saturated carbocycles. The van der Waals surface area contributed by atoms with Gasteiger partial charge in [0.05, 0.1) is 5.75 Å². The van der Waals surface area contributed by atoms with Gasteiger partial charge in [0.15, 0.2) is 0 Å².